The topological polar surface area (TPSA) is 27.3 Å². The molecule has 0 aliphatic heterocycles. The summed E-state index contributed by atoms with van der Waals surface area (Å²) in [6.45, 7) is 10.3. The van der Waals surface area contributed by atoms with Crippen LogP contribution in [0.4, 0.5) is 0 Å². The summed E-state index contributed by atoms with van der Waals surface area (Å²) in [5, 5.41) is 0. The predicted octanol–water partition coefficient (Wildman–Crippen LogP) is 0.145. The number of rotatable bonds is 30. The molecule has 0 aromatic carbocycles. The quantitative estimate of drug-likeness (QED) is 0.115. The van der Waals surface area contributed by atoms with Crippen molar-refractivity contribution in [1.29, 1.82) is 0 Å². The average molecular weight is 600 g/mol. The third-order valence-corrected chi connectivity index (χ3v) is 7.56. The molecule has 0 amide bonds. The monoisotopic (exact) mass is 598 g/mol. The maximum atomic E-state index is 6.32. The summed E-state index contributed by atoms with van der Waals surface area (Å²) in [5.41, 5.74) is 0.106. The standard InChI is InChI=1S/C33H70N2O2.2ClH/c1-7-9-11-13-15-17-19-21-23-25-27-36-31-33(29-34(3)4,30-35(5)6)32-37-28-26-24-22-20-18-16-14-12-10-8-2;;/h7-32H2,1-6H3;2*1H. The molecule has 0 aromatic heterocycles. The van der Waals surface area contributed by atoms with E-state index in [4.69, 9.17) is 9.47 Å². The number of quaternary nitrogens is 2. The molecule has 0 fully saturated rings. The van der Waals surface area contributed by atoms with E-state index in [0.717, 1.165) is 39.5 Å². The number of ether oxygens (including phenoxy) is 2. The highest BCUT2D eigenvalue weighted by molar-refractivity contribution is 4.77. The zero-order chi connectivity index (χ0) is 27.5. The van der Waals surface area contributed by atoms with E-state index in [1.54, 1.807) is 0 Å². The van der Waals surface area contributed by atoms with Crippen molar-refractivity contribution in [3.05, 3.63) is 0 Å². The van der Waals surface area contributed by atoms with Crippen LogP contribution in [0.25, 0.3) is 0 Å². The van der Waals surface area contributed by atoms with Gasteiger partial charge in [-0.1, -0.05) is 129 Å². The molecule has 6 heteroatoms. The highest BCUT2D eigenvalue weighted by atomic mass is 35.5. The van der Waals surface area contributed by atoms with E-state index < -0.39 is 0 Å². The zero-order valence-corrected chi connectivity index (χ0v) is 29.0. The fourth-order valence-electron chi connectivity index (χ4n) is 5.77. The van der Waals surface area contributed by atoms with Gasteiger partial charge in [0.2, 0.25) is 0 Å². The van der Waals surface area contributed by atoms with Crippen LogP contribution in [-0.2, 0) is 9.47 Å². The first-order valence-electron chi connectivity index (χ1n) is 16.7. The Morgan fingerprint density at radius 2 is 0.667 bits per heavy atom. The molecule has 0 saturated carbocycles. The van der Waals surface area contributed by atoms with Crippen LogP contribution in [-0.4, -0.2) is 67.7 Å². The molecule has 0 heterocycles. The van der Waals surface area contributed by atoms with Gasteiger partial charge < -0.3 is 44.1 Å². The van der Waals surface area contributed by atoms with Gasteiger partial charge in [-0.15, -0.1) is 0 Å². The smallest absolute Gasteiger partial charge is 0.114 e. The molecule has 0 rings (SSSR count). The Kier molecular flexibility index (Phi) is 37.0. The molecule has 0 aromatic rings. The van der Waals surface area contributed by atoms with Crippen molar-refractivity contribution in [3.8, 4) is 0 Å². The second kappa shape index (κ2) is 32.9. The summed E-state index contributed by atoms with van der Waals surface area (Å²) in [6.07, 6.45) is 27.5. The van der Waals surface area contributed by atoms with E-state index >= 15 is 0 Å². The molecule has 0 atom stereocenters. The number of hydrogen-bond acceptors (Lipinski definition) is 2. The molecule has 0 unspecified atom stereocenters. The van der Waals surface area contributed by atoms with Crippen LogP contribution in [0.1, 0.15) is 142 Å². The molecule has 4 nitrogen and oxygen atoms in total. The molecule has 39 heavy (non-hydrogen) atoms. The van der Waals surface area contributed by atoms with Crippen LogP contribution in [0.15, 0.2) is 0 Å². The van der Waals surface area contributed by atoms with E-state index in [1.807, 2.05) is 0 Å². The normalized spacial score (nSPS) is 11.7. The SMILES string of the molecule is CCCCCCCCCCCCOCC(COCCCCCCCCCCCC)(C[NH+](C)C)C[NH+](C)C.[Cl-].[Cl-]. The van der Waals surface area contributed by atoms with Gasteiger partial charge >= 0.3 is 0 Å². The Bertz CT molecular complexity index is 413. The number of hydrogen-bond donors (Lipinski definition) is 2. The van der Waals surface area contributed by atoms with Gasteiger partial charge in [0.1, 0.15) is 5.41 Å². The molecule has 240 valence electrons. The predicted molar refractivity (Wildman–Crippen MR) is 163 cm³/mol. The van der Waals surface area contributed by atoms with Crippen molar-refractivity contribution >= 4 is 0 Å². The van der Waals surface area contributed by atoms with Crippen molar-refractivity contribution in [1.82, 2.24) is 0 Å². The first-order valence-corrected chi connectivity index (χ1v) is 16.7. The Labute approximate surface area is 258 Å². The number of nitrogens with one attached hydrogen (secondary N) is 2. The van der Waals surface area contributed by atoms with E-state index in [9.17, 15) is 0 Å². The maximum Gasteiger partial charge on any atom is 0.114 e. The first-order chi connectivity index (χ1) is 18.0. The van der Waals surface area contributed by atoms with Crippen LogP contribution in [0.2, 0.25) is 0 Å². The van der Waals surface area contributed by atoms with Gasteiger partial charge in [0.05, 0.1) is 54.5 Å². The number of unbranched alkanes of at least 4 members (excludes halogenated alkanes) is 18. The Balaban J connectivity index is -0.00000648. The molecular formula is C33H72Cl2N2O2. The van der Waals surface area contributed by atoms with E-state index in [2.05, 4.69) is 42.0 Å². The van der Waals surface area contributed by atoms with Gasteiger partial charge in [-0.2, -0.15) is 0 Å². The fraction of sp³-hybridized carbons (Fsp3) is 1.00. The lowest BCUT2D eigenvalue weighted by atomic mass is 9.88. The molecular weight excluding hydrogens is 527 g/mol. The molecule has 0 radical (unpaired) electrons. The Hall–Kier alpha value is 0.420. The summed E-state index contributed by atoms with van der Waals surface area (Å²) in [7, 11) is 9.07. The highest BCUT2D eigenvalue weighted by Crippen LogP contribution is 2.17. The molecule has 0 spiro atoms. The third-order valence-electron chi connectivity index (χ3n) is 7.56. The lowest BCUT2D eigenvalue weighted by Gasteiger charge is -2.34. The van der Waals surface area contributed by atoms with E-state index in [0.29, 0.717) is 0 Å². The van der Waals surface area contributed by atoms with Crippen molar-refractivity contribution in [2.75, 3.05) is 67.7 Å². The fourth-order valence-corrected chi connectivity index (χ4v) is 5.77. The molecule has 0 aliphatic rings. The summed E-state index contributed by atoms with van der Waals surface area (Å²) in [6, 6.07) is 0. The van der Waals surface area contributed by atoms with Gasteiger partial charge in [0.15, 0.2) is 0 Å². The molecule has 0 bridgehead atoms. The van der Waals surface area contributed by atoms with Crippen LogP contribution in [0.5, 0.6) is 0 Å². The minimum Gasteiger partial charge on any atom is -1.00 e. The summed E-state index contributed by atoms with van der Waals surface area (Å²) >= 11 is 0. The summed E-state index contributed by atoms with van der Waals surface area (Å²) < 4.78 is 12.6. The zero-order valence-electron chi connectivity index (χ0n) is 27.5. The average Bonchev–Trinajstić information content (AvgIpc) is 2.84. The maximum absolute atomic E-state index is 6.32. The minimum absolute atomic E-state index is 0. The van der Waals surface area contributed by atoms with Gasteiger partial charge in [0.25, 0.3) is 0 Å². The minimum atomic E-state index is 0. The first kappa shape index (κ1) is 43.9. The Morgan fingerprint density at radius 1 is 0.410 bits per heavy atom. The van der Waals surface area contributed by atoms with Gasteiger partial charge in [-0.25, -0.2) is 0 Å². The third kappa shape index (κ3) is 31.2. The summed E-state index contributed by atoms with van der Waals surface area (Å²) in [4.78, 5) is 2.98. The van der Waals surface area contributed by atoms with Crippen LogP contribution in [0.3, 0.4) is 0 Å². The van der Waals surface area contributed by atoms with E-state index in [1.165, 1.54) is 138 Å². The van der Waals surface area contributed by atoms with Crippen LogP contribution >= 0.6 is 0 Å². The van der Waals surface area contributed by atoms with Gasteiger partial charge in [-0.05, 0) is 12.8 Å². The summed E-state index contributed by atoms with van der Waals surface area (Å²) in [5.74, 6) is 0. The van der Waals surface area contributed by atoms with Crippen LogP contribution < -0.4 is 34.6 Å². The van der Waals surface area contributed by atoms with E-state index in [-0.39, 0.29) is 30.2 Å². The highest BCUT2D eigenvalue weighted by Gasteiger charge is 2.37. The second-order valence-corrected chi connectivity index (χ2v) is 12.7. The Morgan fingerprint density at radius 3 is 0.923 bits per heavy atom. The van der Waals surface area contributed by atoms with Crippen molar-refractivity contribution in [3.63, 3.8) is 0 Å². The van der Waals surface area contributed by atoms with Crippen molar-refractivity contribution in [2.24, 2.45) is 5.41 Å². The molecule has 2 N–H and O–H groups in total. The second-order valence-electron chi connectivity index (χ2n) is 12.7. The van der Waals surface area contributed by atoms with Crippen molar-refractivity contribution in [2.45, 2.75) is 142 Å². The van der Waals surface area contributed by atoms with Crippen LogP contribution in [0, 0.1) is 5.41 Å². The molecule has 0 saturated heterocycles. The lowest BCUT2D eigenvalue weighted by molar-refractivity contribution is -0.893. The van der Waals surface area contributed by atoms with Crippen molar-refractivity contribution < 1.29 is 44.1 Å². The molecule has 0 aliphatic carbocycles. The number of halogens is 2. The lowest BCUT2D eigenvalue weighted by Crippen LogP contribution is -3.12. The largest absolute Gasteiger partial charge is 1.00 e. The van der Waals surface area contributed by atoms with Gasteiger partial charge in [-0.3, -0.25) is 0 Å². The van der Waals surface area contributed by atoms with Gasteiger partial charge in [0, 0.05) is 13.2 Å².